The first-order valence-electron chi connectivity index (χ1n) is 8.86. The minimum absolute atomic E-state index is 0.270. The van der Waals surface area contributed by atoms with Crippen molar-refractivity contribution in [3.05, 3.63) is 46.1 Å². The van der Waals surface area contributed by atoms with Crippen LogP contribution in [0.25, 0.3) is 10.9 Å². The molecule has 0 aliphatic rings. The van der Waals surface area contributed by atoms with Crippen molar-refractivity contribution in [1.29, 1.82) is 0 Å². The molecule has 2 aromatic carbocycles. The first-order valence-corrected chi connectivity index (χ1v) is 9.61. The Labute approximate surface area is 183 Å². The third kappa shape index (κ3) is 4.47. The summed E-state index contributed by atoms with van der Waals surface area (Å²) in [6.07, 6.45) is 0. The van der Waals surface area contributed by atoms with Crippen LogP contribution in [0, 0.1) is 6.92 Å². The van der Waals surface area contributed by atoms with Crippen LogP contribution in [-0.4, -0.2) is 38.8 Å². The lowest BCUT2D eigenvalue weighted by Gasteiger charge is -2.15. The van der Waals surface area contributed by atoms with Gasteiger partial charge in [0.05, 0.1) is 31.4 Å². The van der Waals surface area contributed by atoms with Gasteiger partial charge in [-0.2, -0.15) is 0 Å². The maximum atomic E-state index is 12.5. The fourth-order valence-electron chi connectivity index (χ4n) is 2.92. The summed E-state index contributed by atoms with van der Waals surface area (Å²) in [7, 11) is 4.49. The molecule has 3 aromatic rings. The highest BCUT2D eigenvalue weighted by molar-refractivity contribution is 6.39. The largest absolute Gasteiger partial charge is 0.493 e. The number of amides is 1. The normalized spacial score (nSPS) is 10.6. The Hall–Kier alpha value is -2.90. The number of halogens is 2. The fourth-order valence-corrected chi connectivity index (χ4v) is 3.49. The molecule has 158 valence electrons. The van der Waals surface area contributed by atoms with Crippen molar-refractivity contribution in [2.75, 3.05) is 33.3 Å². The molecule has 9 heteroatoms. The molecule has 3 rings (SSSR count). The van der Waals surface area contributed by atoms with E-state index in [9.17, 15) is 4.79 Å². The van der Waals surface area contributed by atoms with Crippen LogP contribution in [-0.2, 0) is 4.79 Å². The number of hydrogen-bond donors (Lipinski definition) is 1. The Morgan fingerprint density at radius 1 is 0.967 bits per heavy atom. The second-order valence-electron chi connectivity index (χ2n) is 6.27. The molecular weight excluding hydrogens is 431 g/mol. The standard InChI is InChI=1S/C21H20Cl2N2O5/c1-11-5-6-13-14(22)9-15(23)20(19(13)24-11)30-10-18(26)25-12-7-16(27-2)21(29-4)17(8-12)28-3/h5-9H,10H2,1-4H3,(H,25,26). The van der Waals surface area contributed by atoms with Gasteiger partial charge in [-0.25, -0.2) is 4.98 Å². The quantitative estimate of drug-likeness (QED) is 0.551. The monoisotopic (exact) mass is 450 g/mol. The number of rotatable bonds is 7. The van der Waals surface area contributed by atoms with E-state index < -0.39 is 5.91 Å². The highest BCUT2D eigenvalue weighted by atomic mass is 35.5. The zero-order valence-corrected chi connectivity index (χ0v) is 18.4. The van der Waals surface area contributed by atoms with E-state index in [1.54, 1.807) is 18.2 Å². The Bertz CT molecular complexity index is 1080. The third-order valence-corrected chi connectivity index (χ3v) is 4.87. The lowest BCUT2D eigenvalue weighted by Crippen LogP contribution is -2.20. The van der Waals surface area contributed by atoms with E-state index in [1.807, 2.05) is 19.1 Å². The van der Waals surface area contributed by atoms with Gasteiger partial charge in [0.1, 0.15) is 5.52 Å². The average molecular weight is 451 g/mol. The van der Waals surface area contributed by atoms with Crippen molar-refractivity contribution in [1.82, 2.24) is 4.98 Å². The molecule has 1 aromatic heterocycles. The number of ether oxygens (including phenoxy) is 4. The lowest BCUT2D eigenvalue weighted by molar-refractivity contribution is -0.118. The zero-order valence-electron chi connectivity index (χ0n) is 16.8. The number of benzene rings is 2. The SMILES string of the molecule is COc1cc(NC(=O)COc2c(Cl)cc(Cl)c3ccc(C)nc23)cc(OC)c1OC. The van der Waals surface area contributed by atoms with Gasteiger partial charge in [0.2, 0.25) is 5.75 Å². The fraction of sp³-hybridized carbons (Fsp3) is 0.238. The summed E-state index contributed by atoms with van der Waals surface area (Å²) in [5.41, 5.74) is 1.72. The molecule has 0 radical (unpaired) electrons. The number of nitrogens with one attached hydrogen (secondary N) is 1. The number of pyridine rings is 1. The minimum Gasteiger partial charge on any atom is -0.493 e. The van der Waals surface area contributed by atoms with E-state index >= 15 is 0 Å². The van der Waals surface area contributed by atoms with Crippen LogP contribution in [0.2, 0.25) is 10.0 Å². The van der Waals surface area contributed by atoms with E-state index in [4.69, 9.17) is 42.1 Å². The molecule has 30 heavy (non-hydrogen) atoms. The van der Waals surface area contributed by atoms with Crippen molar-refractivity contribution in [2.24, 2.45) is 0 Å². The number of methoxy groups -OCH3 is 3. The number of aromatic nitrogens is 1. The second kappa shape index (κ2) is 9.28. The smallest absolute Gasteiger partial charge is 0.262 e. The van der Waals surface area contributed by atoms with Gasteiger partial charge in [0.15, 0.2) is 23.9 Å². The Balaban J connectivity index is 1.81. The van der Waals surface area contributed by atoms with Gasteiger partial charge < -0.3 is 24.3 Å². The van der Waals surface area contributed by atoms with Crippen LogP contribution in [0.3, 0.4) is 0 Å². The summed E-state index contributed by atoms with van der Waals surface area (Å²) in [4.78, 5) is 16.9. The van der Waals surface area contributed by atoms with Crippen LogP contribution in [0.1, 0.15) is 5.69 Å². The van der Waals surface area contributed by atoms with E-state index in [0.29, 0.717) is 44.6 Å². The third-order valence-electron chi connectivity index (χ3n) is 4.27. The lowest BCUT2D eigenvalue weighted by atomic mass is 10.2. The van der Waals surface area contributed by atoms with Gasteiger partial charge >= 0.3 is 0 Å². The van der Waals surface area contributed by atoms with Crippen LogP contribution < -0.4 is 24.3 Å². The average Bonchev–Trinajstić information content (AvgIpc) is 2.72. The molecule has 0 atom stereocenters. The molecule has 1 N–H and O–H groups in total. The molecule has 0 aliphatic heterocycles. The first kappa shape index (κ1) is 21.8. The summed E-state index contributed by atoms with van der Waals surface area (Å²) < 4.78 is 21.6. The minimum atomic E-state index is -0.406. The molecule has 0 bridgehead atoms. The second-order valence-corrected chi connectivity index (χ2v) is 7.08. The topological polar surface area (TPSA) is 78.9 Å². The van der Waals surface area contributed by atoms with E-state index in [2.05, 4.69) is 10.3 Å². The number of aryl methyl sites for hydroxylation is 1. The number of fused-ring (bicyclic) bond motifs is 1. The predicted molar refractivity (Wildman–Crippen MR) is 117 cm³/mol. The van der Waals surface area contributed by atoms with Gasteiger partial charge in [-0.15, -0.1) is 0 Å². The van der Waals surface area contributed by atoms with Crippen molar-refractivity contribution < 1.29 is 23.7 Å². The van der Waals surface area contributed by atoms with Crippen molar-refractivity contribution in [3.8, 4) is 23.0 Å². The van der Waals surface area contributed by atoms with E-state index in [1.165, 1.54) is 21.3 Å². The molecule has 0 saturated heterocycles. The van der Waals surface area contributed by atoms with Crippen molar-refractivity contribution in [3.63, 3.8) is 0 Å². The molecule has 1 heterocycles. The first-order chi connectivity index (χ1) is 14.4. The molecule has 0 spiro atoms. The van der Waals surface area contributed by atoms with Crippen molar-refractivity contribution >= 4 is 45.7 Å². The highest BCUT2D eigenvalue weighted by Crippen LogP contribution is 2.40. The number of anilines is 1. The molecular formula is C21H20Cl2N2O5. The Morgan fingerprint density at radius 3 is 2.23 bits per heavy atom. The van der Waals surface area contributed by atoms with E-state index in [0.717, 1.165) is 5.69 Å². The zero-order chi connectivity index (χ0) is 21.8. The number of hydrogen-bond acceptors (Lipinski definition) is 6. The molecule has 7 nitrogen and oxygen atoms in total. The van der Waals surface area contributed by atoms with E-state index in [-0.39, 0.29) is 11.6 Å². The molecule has 0 fully saturated rings. The van der Waals surface area contributed by atoms with Crippen LogP contribution in [0.5, 0.6) is 23.0 Å². The van der Waals surface area contributed by atoms with Crippen LogP contribution in [0.4, 0.5) is 5.69 Å². The molecule has 0 saturated carbocycles. The van der Waals surface area contributed by atoms with Gasteiger partial charge in [-0.05, 0) is 25.1 Å². The summed E-state index contributed by atoms with van der Waals surface area (Å²) in [5.74, 6) is 1.14. The predicted octanol–water partition coefficient (Wildman–Crippen LogP) is 4.89. The summed E-state index contributed by atoms with van der Waals surface area (Å²) >= 11 is 12.5. The maximum absolute atomic E-state index is 12.5. The molecule has 1 amide bonds. The van der Waals surface area contributed by atoms with Gasteiger partial charge in [-0.3, -0.25) is 4.79 Å². The summed E-state index contributed by atoms with van der Waals surface area (Å²) in [6.45, 7) is 1.55. The van der Waals surface area contributed by atoms with Crippen LogP contribution >= 0.6 is 23.2 Å². The number of carbonyl (C=O) groups is 1. The van der Waals surface area contributed by atoms with Crippen LogP contribution in [0.15, 0.2) is 30.3 Å². The Kier molecular flexibility index (Phi) is 6.74. The molecule has 0 aliphatic carbocycles. The highest BCUT2D eigenvalue weighted by Gasteiger charge is 2.17. The molecule has 0 unspecified atom stereocenters. The van der Waals surface area contributed by atoms with Gasteiger partial charge in [-0.1, -0.05) is 23.2 Å². The van der Waals surface area contributed by atoms with Gasteiger partial charge in [0.25, 0.3) is 5.91 Å². The van der Waals surface area contributed by atoms with Crippen molar-refractivity contribution in [2.45, 2.75) is 6.92 Å². The number of carbonyl (C=O) groups excluding carboxylic acids is 1. The number of nitrogens with zero attached hydrogens (tertiary/aromatic N) is 1. The Morgan fingerprint density at radius 2 is 1.63 bits per heavy atom. The maximum Gasteiger partial charge on any atom is 0.262 e. The van der Waals surface area contributed by atoms with Gasteiger partial charge in [0, 0.05) is 28.9 Å². The summed E-state index contributed by atoms with van der Waals surface area (Å²) in [5, 5.41) is 4.15. The summed E-state index contributed by atoms with van der Waals surface area (Å²) in [6, 6.07) is 8.47.